The predicted molar refractivity (Wildman–Crippen MR) is 122 cm³/mol. The first-order valence-electron chi connectivity index (χ1n) is 10.9. The van der Waals surface area contributed by atoms with E-state index in [2.05, 4.69) is 77.4 Å². The van der Waals surface area contributed by atoms with Crippen molar-refractivity contribution in [3.63, 3.8) is 0 Å². The number of fused-ring (bicyclic) bond motifs is 1. The van der Waals surface area contributed by atoms with Crippen LogP contribution in [0.1, 0.15) is 43.4 Å². The average molecular weight is 403 g/mol. The third-order valence-electron chi connectivity index (χ3n) is 5.64. The SMILES string of the molecule is C1=C\CNC2=C(C\C=C/1)[C@H](c1ccccc1)CN[C@@H]2c1ccc2c(c1)OCO2.CC. The van der Waals surface area contributed by atoms with E-state index in [0.717, 1.165) is 31.0 Å². The fourth-order valence-electron chi connectivity index (χ4n) is 4.27. The highest BCUT2D eigenvalue weighted by Crippen LogP contribution is 2.40. The smallest absolute Gasteiger partial charge is 0.231 e. The van der Waals surface area contributed by atoms with Crippen LogP contribution in [-0.2, 0) is 0 Å². The summed E-state index contributed by atoms with van der Waals surface area (Å²) in [5, 5.41) is 7.48. The summed E-state index contributed by atoms with van der Waals surface area (Å²) in [7, 11) is 0. The van der Waals surface area contributed by atoms with Crippen LogP contribution in [0.4, 0.5) is 0 Å². The van der Waals surface area contributed by atoms with Crippen LogP contribution in [0, 0.1) is 0 Å². The van der Waals surface area contributed by atoms with Gasteiger partial charge in [0.2, 0.25) is 6.79 Å². The van der Waals surface area contributed by atoms with E-state index in [0.29, 0.717) is 12.7 Å². The van der Waals surface area contributed by atoms with Gasteiger partial charge in [0.05, 0.1) is 6.04 Å². The minimum Gasteiger partial charge on any atom is -0.454 e. The van der Waals surface area contributed by atoms with Crippen molar-refractivity contribution in [2.75, 3.05) is 19.9 Å². The molecule has 0 fully saturated rings. The molecule has 2 atom stereocenters. The van der Waals surface area contributed by atoms with Gasteiger partial charge < -0.3 is 20.1 Å². The quantitative estimate of drug-likeness (QED) is 0.722. The second kappa shape index (κ2) is 9.68. The lowest BCUT2D eigenvalue weighted by Crippen LogP contribution is -2.39. The summed E-state index contributed by atoms with van der Waals surface area (Å²) in [6.45, 7) is 6.02. The number of rotatable bonds is 2. The summed E-state index contributed by atoms with van der Waals surface area (Å²) < 4.78 is 11.1. The van der Waals surface area contributed by atoms with Gasteiger partial charge in [-0.2, -0.15) is 0 Å². The van der Waals surface area contributed by atoms with Gasteiger partial charge >= 0.3 is 0 Å². The van der Waals surface area contributed by atoms with Gasteiger partial charge in [-0.05, 0) is 35.3 Å². The van der Waals surface area contributed by atoms with E-state index in [1.165, 1.54) is 22.4 Å². The molecule has 0 unspecified atom stereocenters. The first-order valence-corrected chi connectivity index (χ1v) is 10.9. The van der Waals surface area contributed by atoms with Crippen molar-refractivity contribution in [2.45, 2.75) is 32.2 Å². The number of ether oxygens (including phenoxy) is 2. The van der Waals surface area contributed by atoms with Crippen LogP contribution in [0.5, 0.6) is 11.5 Å². The molecule has 0 aromatic heterocycles. The van der Waals surface area contributed by atoms with E-state index in [-0.39, 0.29) is 6.04 Å². The summed E-state index contributed by atoms with van der Waals surface area (Å²) in [4.78, 5) is 0. The van der Waals surface area contributed by atoms with Crippen LogP contribution in [0.15, 0.2) is 84.1 Å². The molecular weight excluding hydrogens is 372 g/mol. The fourth-order valence-corrected chi connectivity index (χ4v) is 4.27. The number of nitrogens with one attached hydrogen (secondary N) is 2. The van der Waals surface area contributed by atoms with E-state index in [9.17, 15) is 0 Å². The van der Waals surface area contributed by atoms with Crippen LogP contribution in [0.25, 0.3) is 0 Å². The summed E-state index contributed by atoms with van der Waals surface area (Å²) in [6.07, 6.45) is 9.63. The lowest BCUT2D eigenvalue weighted by atomic mass is 9.81. The third-order valence-corrected chi connectivity index (χ3v) is 5.64. The Kier molecular flexibility index (Phi) is 6.55. The lowest BCUT2D eigenvalue weighted by molar-refractivity contribution is 0.174. The predicted octanol–water partition coefficient (Wildman–Crippen LogP) is 5.23. The van der Waals surface area contributed by atoms with Gasteiger partial charge in [-0.1, -0.05) is 74.5 Å². The number of allylic oxidation sites excluding steroid dienone is 3. The van der Waals surface area contributed by atoms with Crippen molar-refractivity contribution < 1.29 is 9.47 Å². The molecule has 156 valence electrons. The largest absolute Gasteiger partial charge is 0.454 e. The summed E-state index contributed by atoms with van der Waals surface area (Å²) in [6, 6.07) is 17.2. The third kappa shape index (κ3) is 4.14. The van der Waals surface area contributed by atoms with Gasteiger partial charge in [0.15, 0.2) is 11.5 Å². The van der Waals surface area contributed by atoms with Crippen molar-refractivity contribution in [3.05, 3.63) is 95.2 Å². The molecule has 0 spiro atoms. The molecule has 2 N–H and O–H groups in total. The Balaban J connectivity index is 0.00000106. The zero-order valence-electron chi connectivity index (χ0n) is 17.7. The summed E-state index contributed by atoms with van der Waals surface area (Å²) in [5.41, 5.74) is 5.28. The van der Waals surface area contributed by atoms with Crippen LogP contribution in [-0.4, -0.2) is 19.9 Å². The Morgan fingerprint density at radius 1 is 0.867 bits per heavy atom. The second-order valence-electron chi connectivity index (χ2n) is 7.30. The highest BCUT2D eigenvalue weighted by molar-refractivity contribution is 5.48. The minimum atomic E-state index is 0.115. The van der Waals surface area contributed by atoms with Crippen LogP contribution < -0.4 is 20.1 Å². The maximum absolute atomic E-state index is 5.61. The van der Waals surface area contributed by atoms with E-state index in [1.807, 2.05) is 19.9 Å². The van der Waals surface area contributed by atoms with Crippen molar-refractivity contribution in [2.24, 2.45) is 0 Å². The van der Waals surface area contributed by atoms with Gasteiger partial charge in [-0.3, -0.25) is 0 Å². The molecule has 3 aliphatic heterocycles. The Hall–Kier alpha value is -2.98. The maximum atomic E-state index is 5.61. The Labute approximate surface area is 179 Å². The lowest BCUT2D eigenvalue weighted by Gasteiger charge is -2.36. The topological polar surface area (TPSA) is 42.5 Å². The molecule has 4 nitrogen and oxygen atoms in total. The van der Waals surface area contributed by atoms with Gasteiger partial charge in [0.25, 0.3) is 0 Å². The fraction of sp³-hybridized carbons (Fsp3) is 0.308. The first-order chi connectivity index (χ1) is 14.9. The minimum absolute atomic E-state index is 0.115. The van der Waals surface area contributed by atoms with Crippen molar-refractivity contribution in [3.8, 4) is 11.5 Å². The molecule has 3 heterocycles. The van der Waals surface area contributed by atoms with Crippen LogP contribution in [0.2, 0.25) is 0 Å². The normalized spacial score (nSPS) is 24.2. The van der Waals surface area contributed by atoms with Gasteiger partial charge in [-0.15, -0.1) is 0 Å². The number of hydrogen-bond acceptors (Lipinski definition) is 4. The molecule has 0 radical (unpaired) electrons. The first kappa shape index (κ1) is 20.3. The highest BCUT2D eigenvalue weighted by Gasteiger charge is 2.31. The van der Waals surface area contributed by atoms with Gasteiger partial charge in [-0.25, -0.2) is 0 Å². The summed E-state index contributed by atoms with van der Waals surface area (Å²) in [5.74, 6) is 2.01. The second-order valence-corrected chi connectivity index (χ2v) is 7.30. The zero-order chi connectivity index (χ0) is 20.8. The highest BCUT2D eigenvalue weighted by atomic mass is 16.7. The van der Waals surface area contributed by atoms with Crippen molar-refractivity contribution >= 4 is 0 Å². The van der Waals surface area contributed by atoms with E-state index in [4.69, 9.17) is 9.47 Å². The van der Waals surface area contributed by atoms with Crippen LogP contribution in [0.3, 0.4) is 0 Å². The molecule has 4 heteroatoms. The molecule has 3 aliphatic rings. The van der Waals surface area contributed by atoms with E-state index < -0.39 is 0 Å². The molecule has 0 aliphatic carbocycles. The van der Waals surface area contributed by atoms with Gasteiger partial charge in [0.1, 0.15) is 0 Å². The Morgan fingerprint density at radius 3 is 2.53 bits per heavy atom. The molecule has 5 rings (SSSR count). The molecule has 0 amide bonds. The molecular formula is C26H30N2O2. The maximum Gasteiger partial charge on any atom is 0.231 e. The molecule has 2 aromatic rings. The number of hydrogen-bond donors (Lipinski definition) is 2. The molecule has 0 saturated carbocycles. The Bertz CT molecular complexity index is 947. The summed E-state index contributed by atoms with van der Waals surface area (Å²) >= 11 is 0. The molecule has 0 saturated heterocycles. The average Bonchev–Trinajstić information content (AvgIpc) is 3.32. The van der Waals surface area contributed by atoms with Crippen molar-refractivity contribution in [1.29, 1.82) is 0 Å². The number of benzene rings is 2. The molecule has 0 bridgehead atoms. The molecule has 30 heavy (non-hydrogen) atoms. The Morgan fingerprint density at radius 2 is 1.67 bits per heavy atom. The van der Waals surface area contributed by atoms with Crippen LogP contribution >= 0.6 is 0 Å². The standard InChI is InChI=1S/C24H24N2O2.C2H6/c1-2-7-13-25-24-19(10-6-1)20(17-8-4-3-5-9-17)15-26-23(24)18-11-12-21-22(14-18)28-16-27-21;1-2/h1-9,11-12,14,20,23,25-26H,10,13,15-16H2;1-2H3/b6-1-,7-2-;/t20-,23+;/m0./s1. The van der Waals surface area contributed by atoms with Crippen molar-refractivity contribution in [1.82, 2.24) is 10.6 Å². The molecule has 2 aromatic carbocycles. The van der Waals surface area contributed by atoms with E-state index in [1.54, 1.807) is 0 Å². The zero-order valence-corrected chi connectivity index (χ0v) is 17.7. The van der Waals surface area contributed by atoms with E-state index >= 15 is 0 Å². The van der Waals surface area contributed by atoms with Gasteiger partial charge in [0, 0.05) is 24.7 Å². The monoisotopic (exact) mass is 402 g/mol.